The van der Waals surface area contributed by atoms with Gasteiger partial charge in [0.15, 0.2) is 6.61 Å². The standard InChI is InChI=1S/C17H19Cl2F3NO4PS/c1-9-5-10(18)6-11(19)12(9)13-14(16(2,7-25-3)23-15(13)24)27-28(4,29)26-8-17(20,21)22/h5-6H,7-8H2,1-4H3,(H,23,24). The highest BCUT2D eigenvalue weighted by Gasteiger charge is 2.46. The van der Waals surface area contributed by atoms with E-state index in [1.165, 1.54) is 19.8 Å². The molecular formula is C17H19Cl2F3NO4PS. The average Bonchev–Trinajstić information content (AvgIpc) is 2.75. The first-order valence-electron chi connectivity index (χ1n) is 8.20. The number of halogens is 5. The van der Waals surface area contributed by atoms with Crippen molar-refractivity contribution < 1.29 is 31.8 Å². The van der Waals surface area contributed by atoms with Crippen LogP contribution in [0.4, 0.5) is 13.2 Å². The van der Waals surface area contributed by atoms with Gasteiger partial charge >= 0.3 is 6.18 Å². The summed E-state index contributed by atoms with van der Waals surface area (Å²) >= 11 is 17.5. The molecule has 0 saturated carbocycles. The number of methoxy groups -OCH3 is 1. The van der Waals surface area contributed by atoms with Gasteiger partial charge in [0, 0.05) is 24.4 Å². The molecule has 0 aromatic heterocycles. The first-order chi connectivity index (χ1) is 13.2. The lowest BCUT2D eigenvalue weighted by Gasteiger charge is -2.30. The third-order valence-corrected chi connectivity index (χ3v) is 6.17. The van der Waals surface area contributed by atoms with Gasteiger partial charge in [-0.05, 0) is 43.4 Å². The third-order valence-electron chi connectivity index (χ3n) is 4.00. The number of ether oxygens (including phenoxy) is 1. The van der Waals surface area contributed by atoms with Crippen LogP contribution in [-0.4, -0.2) is 44.6 Å². The summed E-state index contributed by atoms with van der Waals surface area (Å²) in [5.74, 6) is -0.512. The third kappa shape index (κ3) is 5.87. The smallest absolute Gasteiger partial charge is 0.412 e. The Morgan fingerprint density at radius 2 is 1.93 bits per heavy atom. The number of alkyl halides is 3. The van der Waals surface area contributed by atoms with Crippen molar-refractivity contribution in [1.82, 2.24) is 5.32 Å². The van der Waals surface area contributed by atoms with Crippen molar-refractivity contribution in [2.24, 2.45) is 0 Å². The van der Waals surface area contributed by atoms with Crippen LogP contribution in [0, 0.1) is 6.92 Å². The Bertz CT molecular complexity index is 886. The molecule has 0 radical (unpaired) electrons. The Labute approximate surface area is 181 Å². The Morgan fingerprint density at radius 1 is 1.31 bits per heavy atom. The molecule has 0 fully saturated rings. The molecule has 1 aromatic rings. The Balaban J connectivity index is 2.61. The SMILES string of the molecule is COCC1(C)NC(=O)C(c2c(C)cc(Cl)cc2Cl)=C1OP(C)(=S)OCC(F)(F)F. The molecule has 0 aliphatic carbocycles. The van der Waals surface area contributed by atoms with Crippen molar-refractivity contribution >= 4 is 53.0 Å². The molecule has 1 aromatic carbocycles. The topological polar surface area (TPSA) is 56.8 Å². The number of rotatable bonds is 7. The number of aryl methyl sites for hydroxylation is 1. The summed E-state index contributed by atoms with van der Waals surface area (Å²) in [4.78, 5) is 12.8. The second kappa shape index (κ2) is 8.73. The summed E-state index contributed by atoms with van der Waals surface area (Å²) in [6.07, 6.45) is -4.57. The molecule has 2 rings (SSSR count). The molecule has 2 unspecified atom stereocenters. The second-order valence-corrected chi connectivity index (χ2v) is 11.6. The summed E-state index contributed by atoms with van der Waals surface area (Å²) in [5.41, 5.74) is -0.209. The number of hydrogen-bond donors (Lipinski definition) is 1. The van der Waals surface area contributed by atoms with Gasteiger partial charge in [-0.2, -0.15) is 13.2 Å². The van der Waals surface area contributed by atoms with Crippen molar-refractivity contribution in [2.45, 2.75) is 25.6 Å². The lowest BCUT2D eigenvalue weighted by atomic mass is 9.95. The van der Waals surface area contributed by atoms with Crippen LogP contribution in [-0.2, 0) is 30.4 Å². The van der Waals surface area contributed by atoms with E-state index in [4.69, 9.17) is 48.8 Å². The van der Waals surface area contributed by atoms with E-state index in [1.54, 1.807) is 19.9 Å². The predicted molar refractivity (Wildman–Crippen MR) is 110 cm³/mol. The molecule has 1 N–H and O–H groups in total. The number of hydrogen-bond acceptors (Lipinski definition) is 5. The van der Waals surface area contributed by atoms with Crippen molar-refractivity contribution in [2.75, 3.05) is 27.0 Å². The fourth-order valence-corrected chi connectivity index (χ4v) is 5.04. The summed E-state index contributed by atoms with van der Waals surface area (Å²) in [5, 5.41) is 3.28. The number of carbonyl (C=O) groups is 1. The number of benzene rings is 1. The van der Waals surface area contributed by atoms with Crippen LogP contribution in [0.5, 0.6) is 0 Å². The molecule has 12 heteroatoms. The molecule has 29 heavy (non-hydrogen) atoms. The van der Waals surface area contributed by atoms with Crippen molar-refractivity contribution in [3.05, 3.63) is 39.1 Å². The Kier molecular flexibility index (Phi) is 7.36. The zero-order chi connectivity index (χ0) is 22.2. The van der Waals surface area contributed by atoms with E-state index in [0.29, 0.717) is 16.1 Å². The zero-order valence-corrected chi connectivity index (χ0v) is 19.2. The van der Waals surface area contributed by atoms with E-state index >= 15 is 0 Å². The van der Waals surface area contributed by atoms with Crippen LogP contribution in [0.2, 0.25) is 10.0 Å². The van der Waals surface area contributed by atoms with Gasteiger partial charge in [0.25, 0.3) is 5.91 Å². The van der Waals surface area contributed by atoms with Gasteiger partial charge < -0.3 is 19.1 Å². The Morgan fingerprint density at radius 3 is 2.45 bits per heavy atom. The van der Waals surface area contributed by atoms with E-state index in [2.05, 4.69) is 5.32 Å². The zero-order valence-electron chi connectivity index (χ0n) is 15.9. The molecule has 5 nitrogen and oxygen atoms in total. The normalized spacial score (nSPS) is 21.9. The summed E-state index contributed by atoms with van der Waals surface area (Å²) in [6.45, 7) is -0.453. The second-order valence-electron chi connectivity index (χ2n) is 6.75. The van der Waals surface area contributed by atoms with Gasteiger partial charge in [0.2, 0.25) is 6.49 Å². The van der Waals surface area contributed by atoms with Crippen LogP contribution in [0.1, 0.15) is 18.1 Å². The monoisotopic (exact) mass is 491 g/mol. The molecule has 1 aliphatic heterocycles. The number of nitrogens with one attached hydrogen (secondary N) is 1. The molecule has 1 heterocycles. The quantitative estimate of drug-likeness (QED) is 0.538. The maximum atomic E-state index is 12.8. The van der Waals surface area contributed by atoms with E-state index in [1.807, 2.05) is 0 Å². The van der Waals surface area contributed by atoms with Gasteiger partial charge in [-0.15, -0.1) is 0 Å². The highest BCUT2D eigenvalue weighted by Crippen LogP contribution is 2.52. The number of amides is 1. The highest BCUT2D eigenvalue weighted by atomic mass is 35.5. The maximum absolute atomic E-state index is 12.8. The fourth-order valence-electron chi connectivity index (χ4n) is 2.91. The van der Waals surface area contributed by atoms with E-state index in [9.17, 15) is 18.0 Å². The summed E-state index contributed by atoms with van der Waals surface area (Å²) in [7, 11) is 1.41. The van der Waals surface area contributed by atoms with Crippen LogP contribution >= 0.6 is 29.7 Å². The minimum atomic E-state index is -4.57. The van der Waals surface area contributed by atoms with Crippen molar-refractivity contribution in [1.29, 1.82) is 0 Å². The molecule has 162 valence electrons. The molecule has 0 saturated heterocycles. The van der Waals surface area contributed by atoms with Gasteiger partial charge in [-0.1, -0.05) is 23.2 Å². The van der Waals surface area contributed by atoms with Gasteiger partial charge in [0.05, 0.1) is 17.2 Å². The summed E-state index contributed by atoms with van der Waals surface area (Å²) in [6, 6.07) is 3.06. The van der Waals surface area contributed by atoms with Crippen LogP contribution in [0.3, 0.4) is 0 Å². The van der Waals surface area contributed by atoms with E-state index < -0.39 is 30.7 Å². The minimum Gasteiger partial charge on any atom is -0.445 e. The van der Waals surface area contributed by atoms with Gasteiger partial charge in [-0.25, -0.2) is 0 Å². The Hall–Kier alpha value is -0.830. The summed E-state index contributed by atoms with van der Waals surface area (Å²) < 4.78 is 53.5. The molecule has 1 aliphatic rings. The van der Waals surface area contributed by atoms with E-state index in [0.717, 1.165) is 0 Å². The minimum absolute atomic E-state index is 0.0174. The average molecular weight is 492 g/mol. The molecule has 2 atom stereocenters. The first-order valence-corrected chi connectivity index (χ1v) is 12.0. The van der Waals surface area contributed by atoms with Crippen LogP contribution in [0.15, 0.2) is 17.9 Å². The first kappa shape index (κ1) is 24.4. The predicted octanol–water partition coefficient (Wildman–Crippen LogP) is 5.08. The molecule has 0 bridgehead atoms. The van der Waals surface area contributed by atoms with Crippen molar-refractivity contribution in [3.8, 4) is 0 Å². The lowest BCUT2D eigenvalue weighted by molar-refractivity contribution is -0.153. The fraction of sp³-hybridized carbons (Fsp3) is 0.471. The number of carbonyl (C=O) groups excluding carboxylic acids is 1. The molecule has 0 spiro atoms. The largest absolute Gasteiger partial charge is 0.445 e. The van der Waals surface area contributed by atoms with E-state index in [-0.39, 0.29) is 23.0 Å². The van der Waals surface area contributed by atoms with Crippen molar-refractivity contribution in [3.63, 3.8) is 0 Å². The lowest BCUT2D eigenvalue weighted by Crippen LogP contribution is -2.46. The molecule has 1 amide bonds. The van der Waals surface area contributed by atoms with Crippen LogP contribution in [0.25, 0.3) is 5.57 Å². The van der Waals surface area contributed by atoms with Gasteiger partial charge in [-0.3, -0.25) is 4.79 Å². The maximum Gasteiger partial charge on any atom is 0.412 e. The van der Waals surface area contributed by atoms with Gasteiger partial charge in [0.1, 0.15) is 11.3 Å². The highest BCUT2D eigenvalue weighted by molar-refractivity contribution is 8.09. The molecular weight excluding hydrogens is 473 g/mol. The van der Waals surface area contributed by atoms with Crippen LogP contribution < -0.4 is 5.32 Å².